The summed E-state index contributed by atoms with van der Waals surface area (Å²) in [5.74, 6) is 0.620. The number of hydrogen-bond acceptors (Lipinski definition) is 3. The van der Waals surface area contributed by atoms with Crippen LogP contribution in [0.15, 0.2) is 168 Å². The predicted molar refractivity (Wildman–Crippen MR) is 186 cm³/mol. The van der Waals surface area contributed by atoms with E-state index < -0.39 is 0 Å². The van der Waals surface area contributed by atoms with Crippen molar-refractivity contribution in [3.8, 4) is 17.1 Å². The number of anilines is 3. The van der Waals surface area contributed by atoms with Gasteiger partial charge in [0.2, 0.25) is 5.89 Å². The van der Waals surface area contributed by atoms with E-state index in [0.29, 0.717) is 5.89 Å². The summed E-state index contributed by atoms with van der Waals surface area (Å²) in [6.07, 6.45) is 0. The summed E-state index contributed by atoms with van der Waals surface area (Å²) in [7, 11) is 0. The molecule has 9 aromatic rings. The Labute approximate surface area is 260 Å². The third-order valence-corrected chi connectivity index (χ3v) is 8.58. The van der Waals surface area contributed by atoms with Gasteiger partial charge in [-0.3, -0.25) is 0 Å². The quantitative estimate of drug-likeness (QED) is 0.204. The Bertz CT molecular complexity index is 2480. The molecule has 4 heteroatoms. The number of oxazole rings is 1. The minimum atomic E-state index is 0.620. The second kappa shape index (κ2) is 10.2. The summed E-state index contributed by atoms with van der Waals surface area (Å²) in [5.41, 5.74) is 9.26. The first-order valence-corrected chi connectivity index (χ1v) is 15.1. The number of benzene rings is 7. The van der Waals surface area contributed by atoms with Crippen molar-refractivity contribution >= 4 is 60.7 Å². The minimum Gasteiger partial charge on any atom is -0.435 e. The number of para-hydroxylation sites is 3. The first kappa shape index (κ1) is 25.4. The molecule has 9 rings (SSSR count). The van der Waals surface area contributed by atoms with Crippen LogP contribution in [-0.2, 0) is 0 Å². The number of nitrogens with zero attached hydrogens (tertiary/aromatic N) is 3. The van der Waals surface area contributed by atoms with E-state index in [1.54, 1.807) is 0 Å². The van der Waals surface area contributed by atoms with Crippen LogP contribution >= 0.6 is 0 Å². The SMILES string of the molecule is c1ccc(-c2nc3cc(N(c4ccccc4)c4ccc5c(c4)c4ccccc4n5-c4ccccc4)c4ccccc4c3o2)cc1. The van der Waals surface area contributed by atoms with Crippen LogP contribution in [0.1, 0.15) is 0 Å². The number of fused-ring (bicyclic) bond motifs is 6. The van der Waals surface area contributed by atoms with Crippen molar-refractivity contribution in [2.24, 2.45) is 0 Å². The lowest BCUT2D eigenvalue weighted by Crippen LogP contribution is -2.10. The molecule has 0 N–H and O–H groups in total. The zero-order valence-corrected chi connectivity index (χ0v) is 24.3. The Balaban J connectivity index is 1.32. The summed E-state index contributed by atoms with van der Waals surface area (Å²) < 4.78 is 8.78. The van der Waals surface area contributed by atoms with Crippen LogP contribution in [0.25, 0.3) is 60.8 Å². The molecular weight excluding hydrogens is 550 g/mol. The van der Waals surface area contributed by atoms with E-state index in [1.165, 1.54) is 21.8 Å². The molecule has 45 heavy (non-hydrogen) atoms. The van der Waals surface area contributed by atoms with E-state index in [1.807, 2.05) is 30.3 Å². The number of hydrogen-bond donors (Lipinski definition) is 0. The van der Waals surface area contributed by atoms with Crippen molar-refractivity contribution in [3.05, 3.63) is 164 Å². The van der Waals surface area contributed by atoms with E-state index in [2.05, 4.69) is 143 Å². The highest BCUT2D eigenvalue weighted by Crippen LogP contribution is 2.44. The molecule has 0 saturated heterocycles. The fraction of sp³-hybridized carbons (Fsp3) is 0. The standard InChI is InChI=1S/C41H27N3O/c1-4-14-28(15-5-1)41-42-36-27-39(32-20-10-11-22-34(32)40(36)45-41)43(29-16-6-2-7-17-29)31-24-25-38-35(26-31)33-21-12-13-23-37(33)44(38)30-18-8-3-9-19-30/h1-27H. The molecular formula is C41H27N3O. The van der Waals surface area contributed by atoms with Gasteiger partial charge in [-0.25, -0.2) is 4.98 Å². The third kappa shape index (κ3) is 4.11. The van der Waals surface area contributed by atoms with Crippen molar-refractivity contribution in [1.82, 2.24) is 9.55 Å². The van der Waals surface area contributed by atoms with Gasteiger partial charge in [-0.05, 0) is 66.7 Å². The van der Waals surface area contributed by atoms with Crippen molar-refractivity contribution in [1.29, 1.82) is 0 Å². The van der Waals surface area contributed by atoms with Gasteiger partial charge in [0.15, 0.2) is 5.58 Å². The average Bonchev–Trinajstić information content (AvgIpc) is 3.69. The van der Waals surface area contributed by atoms with E-state index in [-0.39, 0.29) is 0 Å². The molecule has 0 fully saturated rings. The summed E-state index contributed by atoms with van der Waals surface area (Å²) in [5, 5.41) is 4.54. The third-order valence-electron chi connectivity index (χ3n) is 8.58. The maximum atomic E-state index is 6.43. The Morgan fingerprint density at radius 3 is 1.89 bits per heavy atom. The summed E-state index contributed by atoms with van der Waals surface area (Å²) in [6.45, 7) is 0. The highest BCUT2D eigenvalue weighted by molar-refractivity contribution is 6.14. The van der Waals surface area contributed by atoms with Gasteiger partial charge in [0, 0.05) is 44.2 Å². The van der Waals surface area contributed by atoms with Gasteiger partial charge in [-0.1, -0.05) is 97.1 Å². The average molecular weight is 578 g/mol. The fourth-order valence-electron chi connectivity index (χ4n) is 6.58. The van der Waals surface area contributed by atoms with Gasteiger partial charge >= 0.3 is 0 Å². The first-order chi connectivity index (χ1) is 22.3. The molecule has 0 aliphatic rings. The zero-order valence-electron chi connectivity index (χ0n) is 24.3. The molecule has 0 spiro atoms. The van der Waals surface area contributed by atoms with Crippen molar-refractivity contribution in [2.75, 3.05) is 4.90 Å². The van der Waals surface area contributed by atoms with Crippen LogP contribution in [-0.4, -0.2) is 9.55 Å². The second-order valence-corrected chi connectivity index (χ2v) is 11.2. The number of aromatic nitrogens is 2. The molecule has 0 amide bonds. The van der Waals surface area contributed by atoms with Crippen LogP contribution in [0.3, 0.4) is 0 Å². The zero-order chi connectivity index (χ0) is 29.7. The summed E-state index contributed by atoms with van der Waals surface area (Å²) in [6, 6.07) is 57.3. The monoisotopic (exact) mass is 577 g/mol. The van der Waals surface area contributed by atoms with Gasteiger partial charge in [-0.2, -0.15) is 0 Å². The van der Waals surface area contributed by atoms with Gasteiger partial charge in [0.1, 0.15) is 5.52 Å². The molecule has 212 valence electrons. The largest absolute Gasteiger partial charge is 0.435 e. The molecule has 2 aromatic heterocycles. The van der Waals surface area contributed by atoms with E-state index in [9.17, 15) is 0 Å². The molecule has 2 heterocycles. The van der Waals surface area contributed by atoms with Gasteiger partial charge in [0.25, 0.3) is 0 Å². The highest BCUT2D eigenvalue weighted by Gasteiger charge is 2.21. The Hall–Kier alpha value is -6.13. The van der Waals surface area contributed by atoms with Crippen LogP contribution in [0.2, 0.25) is 0 Å². The lowest BCUT2D eigenvalue weighted by Gasteiger charge is -2.27. The molecule has 7 aromatic carbocycles. The summed E-state index contributed by atoms with van der Waals surface area (Å²) in [4.78, 5) is 7.33. The summed E-state index contributed by atoms with van der Waals surface area (Å²) >= 11 is 0. The van der Waals surface area contributed by atoms with Gasteiger partial charge < -0.3 is 13.9 Å². The molecule has 0 unspecified atom stereocenters. The molecule has 0 bridgehead atoms. The molecule has 0 radical (unpaired) electrons. The number of rotatable bonds is 5. The van der Waals surface area contributed by atoms with Gasteiger partial charge in [0.05, 0.1) is 16.7 Å². The Kier molecular flexibility index (Phi) is 5.78. The van der Waals surface area contributed by atoms with E-state index >= 15 is 0 Å². The van der Waals surface area contributed by atoms with E-state index in [4.69, 9.17) is 9.40 Å². The molecule has 0 saturated carbocycles. The Morgan fingerprint density at radius 2 is 1.11 bits per heavy atom. The molecule has 0 aliphatic heterocycles. The molecule has 4 nitrogen and oxygen atoms in total. The molecule has 0 aliphatic carbocycles. The second-order valence-electron chi connectivity index (χ2n) is 11.2. The lowest BCUT2D eigenvalue weighted by molar-refractivity contribution is 0.623. The maximum Gasteiger partial charge on any atom is 0.227 e. The minimum absolute atomic E-state index is 0.620. The lowest BCUT2D eigenvalue weighted by atomic mass is 10.0. The predicted octanol–water partition coefficient (Wildman–Crippen LogP) is 11.2. The van der Waals surface area contributed by atoms with Crippen molar-refractivity contribution in [2.45, 2.75) is 0 Å². The normalized spacial score (nSPS) is 11.6. The van der Waals surface area contributed by atoms with Crippen LogP contribution in [0, 0.1) is 0 Å². The fourth-order valence-corrected chi connectivity index (χ4v) is 6.58. The van der Waals surface area contributed by atoms with Crippen molar-refractivity contribution in [3.63, 3.8) is 0 Å². The van der Waals surface area contributed by atoms with Crippen LogP contribution in [0.5, 0.6) is 0 Å². The van der Waals surface area contributed by atoms with Crippen LogP contribution in [0.4, 0.5) is 17.1 Å². The molecule has 0 atom stereocenters. The van der Waals surface area contributed by atoms with E-state index in [0.717, 1.165) is 50.2 Å². The maximum absolute atomic E-state index is 6.43. The van der Waals surface area contributed by atoms with Gasteiger partial charge in [-0.15, -0.1) is 0 Å². The topological polar surface area (TPSA) is 34.2 Å². The first-order valence-electron chi connectivity index (χ1n) is 15.1. The highest BCUT2D eigenvalue weighted by atomic mass is 16.3. The smallest absolute Gasteiger partial charge is 0.227 e. The van der Waals surface area contributed by atoms with Crippen molar-refractivity contribution < 1.29 is 4.42 Å². The Morgan fingerprint density at radius 1 is 0.489 bits per heavy atom. The van der Waals surface area contributed by atoms with Crippen LogP contribution < -0.4 is 4.90 Å².